The molecule has 0 unspecified atom stereocenters. The summed E-state index contributed by atoms with van der Waals surface area (Å²) in [6, 6.07) is 0. The summed E-state index contributed by atoms with van der Waals surface area (Å²) in [7, 11) is 1.85. The molecule has 1 amide bonds. The number of nitrogens with two attached hydrogens (primary N) is 1. The number of hydrogen-bond acceptors (Lipinski definition) is 4. The zero-order valence-corrected chi connectivity index (χ0v) is 11.0. The SMILES string of the molecule is CCN(C)C(=O)CN1CCC(OCCN)CC1. The van der Waals surface area contributed by atoms with E-state index in [0.29, 0.717) is 25.8 Å². The Labute approximate surface area is 104 Å². The molecule has 100 valence electrons. The van der Waals surface area contributed by atoms with Crippen LogP contribution in [0.4, 0.5) is 0 Å². The van der Waals surface area contributed by atoms with E-state index >= 15 is 0 Å². The Balaban J connectivity index is 2.20. The molecule has 2 N–H and O–H groups in total. The van der Waals surface area contributed by atoms with Crippen LogP contribution in [0.25, 0.3) is 0 Å². The molecule has 0 saturated carbocycles. The molecule has 0 atom stereocenters. The molecule has 5 nitrogen and oxygen atoms in total. The van der Waals surface area contributed by atoms with Crippen molar-refractivity contribution in [2.75, 3.05) is 46.4 Å². The third-order valence-corrected chi connectivity index (χ3v) is 3.26. The average Bonchev–Trinajstić information content (AvgIpc) is 2.37. The number of rotatable bonds is 6. The van der Waals surface area contributed by atoms with Crippen LogP contribution in [0, 0.1) is 0 Å². The zero-order valence-electron chi connectivity index (χ0n) is 11.0. The molecule has 17 heavy (non-hydrogen) atoms. The molecule has 0 aliphatic carbocycles. The van der Waals surface area contributed by atoms with Crippen molar-refractivity contribution in [3.8, 4) is 0 Å². The quantitative estimate of drug-likeness (QED) is 0.708. The molecule has 1 saturated heterocycles. The van der Waals surface area contributed by atoms with Gasteiger partial charge in [-0.05, 0) is 19.8 Å². The van der Waals surface area contributed by atoms with Crippen LogP contribution in [0.5, 0.6) is 0 Å². The molecule has 0 bridgehead atoms. The molecule has 1 heterocycles. The van der Waals surface area contributed by atoms with Gasteiger partial charge >= 0.3 is 0 Å². The monoisotopic (exact) mass is 243 g/mol. The Morgan fingerprint density at radius 2 is 2.12 bits per heavy atom. The van der Waals surface area contributed by atoms with Crippen molar-refractivity contribution in [2.45, 2.75) is 25.9 Å². The summed E-state index contributed by atoms with van der Waals surface area (Å²) >= 11 is 0. The number of likely N-dealkylation sites (N-methyl/N-ethyl adjacent to an activating group) is 1. The van der Waals surface area contributed by atoms with Crippen LogP contribution in [0.3, 0.4) is 0 Å². The lowest BCUT2D eigenvalue weighted by Gasteiger charge is -2.32. The largest absolute Gasteiger partial charge is 0.377 e. The van der Waals surface area contributed by atoms with Crippen LogP contribution in [0.15, 0.2) is 0 Å². The summed E-state index contributed by atoms with van der Waals surface area (Å²) in [5.74, 6) is 0.203. The van der Waals surface area contributed by atoms with E-state index in [-0.39, 0.29) is 5.91 Å². The van der Waals surface area contributed by atoms with E-state index < -0.39 is 0 Å². The number of nitrogens with zero attached hydrogens (tertiary/aromatic N) is 2. The van der Waals surface area contributed by atoms with Gasteiger partial charge in [0.05, 0.1) is 19.3 Å². The summed E-state index contributed by atoms with van der Waals surface area (Å²) < 4.78 is 5.61. The first-order chi connectivity index (χ1) is 8.17. The van der Waals surface area contributed by atoms with Gasteiger partial charge < -0.3 is 15.4 Å². The number of amides is 1. The molecule has 1 fully saturated rings. The summed E-state index contributed by atoms with van der Waals surface area (Å²) in [5, 5.41) is 0. The first-order valence-corrected chi connectivity index (χ1v) is 6.45. The van der Waals surface area contributed by atoms with Crippen molar-refractivity contribution in [1.82, 2.24) is 9.80 Å². The minimum absolute atomic E-state index is 0.203. The maximum Gasteiger partial charge on any atom is 0.236 e. The Hall–Kier alpha value is -0.650. The summed E-state index contributed by atoms with van der Waals surface area (Å²) in [6.45, 7) is 6.41. The smallest absolute Gasteiger partial charge is 0.236 e. The highest BCUT2D eigenvalue weighted by Gasteiger charge is 2.21. The van der Waals surface area contributed by atoms with E-state index in [0.717, 1.165) is 32.5 Å². The molecule has 0 radical (unpaired) electrons. The summed E-state index contributed by atoms with van der Waals surface area (Å²) in [6.07, 6.45) is 2.33. The van der Waals surface area contributed by atoms with Gasteiger partial charge in [0.2, 0.25) is 5.91 Å². The Morgan fingerprint density at radius 3 is 2.65 bits per heavy atom. The molecule has 1 aliphatic rings. The van der Waals surface area contributed by atoms with Gasteiger partial charge in [0, 0.05) is 33.2 Å². The molecule has 1 rings (SSSR count). The Kier molecular flexibility index (Phi) is 6.47. The molecule has 1 aliphatic heterocycles. The van der Waals surface area contributed by atoms with Gasteiger partial charge in [-0.15, -0.1) is 0 Å². The van der Waals surface area contributed by atoms with E-state index in [1.54, 1.807) is 4.90 Å². The highest BCUT2D eigenvalue weighted by Crippen LogP contribution is 2.13. The number of likely N-dealkylation sites (tertiary alicyclic amines) is 1. The fourth-order valence-corrected chi connectivity index (χ4v) is 1.96. The van der Waals surface area contributed by atoms with Crippen LogP contribution in [0.2, 0.25) is 0 Å². The molecule has 0 spiro atoms. The van der Waals surface area contributed by atoms with Crippen molar-refractivity contribution >= 4 is 5.91 Å². The van der Waals surface area contributed by atoms with Gasteiger partial charge in [0.15, 0.2) is 0 Å². The van der Waals surface area contributed by atoms with Crippen molar-refractivity contribution in [3.05, 3.63) is 0 Å². The van der Waals surface area contributed by atoms with Gasteiger partial charge in [-0.25, -0.2) is 0 Å². The van der Waals surface area contributed by atoms with Crippen LogP contribution in [-0.2, 0) is 9.53 Å². The van der Waals surface area contributed by atoms with Crippen molar-refractivity contribution < 1.29 is 9.53 Å². The van der Waals surface area contributed by atoms with Crippen LogP contribution in [0.1, 0.15) is 19.8 Å². The number of ether oxygens (including phenoxy) is 1. The number of piperidine rings is 1. The van der Waals surface area contributed by atoms with Crippen LogP contribution >= 0.6 is 0 Å². The van der Waals surface area contributed by atoms with Crippen molar-refractivity contribution in [3.63, 3.8) is 0 Å². The van der Waals surface area contributed by atoms with Gasteiger partial charge in [-0.2, -0.15) is 0 Å². The summed E-state index contributed by atoms with van der Waals surface area (Å²) in [5.41, 5.74) is 5.40. The molecular weight excluding hydrogens is 218 g/mol. The van der Waals surface area contributed by atoms with E-state index in [9.17, 15) is 4.79 Å². The highest BCUT2D eigenvalue weighted by atomic mass is 16.5. The fourth-order valence-electron chi connectivity index (χ4n) is 1.96. The van der Waals surface area contributed by atoms with Crippen molar-refractivity contribution in [2.24, 2.45) is 5.73 Å². The van der Waals surface area contributed by atoms with Crippen LogP contribution < -0.4 is 5.73 Å². The second-order valence-corrected chi connectivity index (χ2v) is 4.54. The topological polar surface area (TPSA) is 58.8 Å². The van der Waals surface area contributed by atoms with E-state index in [2.05, 4.69) is 4.90 Å². The van der Waals surface area contributed by atoms with Gasteiger partial charge in [0.25, 0.3) is 0 Å². The zero-order chi connectivity index (χ0) is 12.7. The lowest BCUT2D eigenvalue weighted by molar-refractivity contribution is -0.131. The maximum atomic E-state index is 11.7. The first-order valence-electron chi connectivity index (χ1n) is 6.45. The van der Waals surface area contributed by atoms with Gasteiger partial charge in [-0.1, -0.05) is 0 Å². The molecule has 0 aromatic carbocycles. The second kappa shape index (κ2) is 7.63. The predicted molar refractivity (Wildman–Crippen MR) is 67.8 cm³/mol. The normalized spacial score (nSPS) is 18.3. The van der Waals surface area contributed by atoms with Crippen molar-refractivity contribution in [1.29, 1.82) is 0 Å². The lowest BCUT2D eigenvalue weighted by atomic mass is 10.1. The maximum absolute atomic E-state index is 11.7. The van der Waals surface area contributed by atoms with E-state index in [1.165, 1.54) is 0 Å². The fraction of sp³-hybridized carbons (Fsp3) is 0.917. The first kappa shape index (κ1) is 14.4. The lowest BCUT2D eigenvalue weighted by Crippen LogP contribution is -2.43. The number of carbonyl (C=O) groups is 1. The predicted octanol–water partition coefficient (Wildman–Crippen LogP) is -0.0956. The van der Waals surface area contributed by atoms with Gasteiger partial charge in [-0.3, -0.25) is 9.69 Å². The third kappa shape index (κ3) is 5.02. The number of hydrogen-bond donors (Lipinski definition) is 1. The summed E-state index contributed by atoms with van der Waals surface area (Å²) in [4.78, 5) is 15.7. The number of carbonyl (C=O) groups excluding carboxylic acids is 1. The Bertz CT molecular complexity index is 228. The van der Waals surface area contributed by atoms with Gasteiger partial charge in [0.1, 0.15) is 0 Å². The molecule has 5 heteroatoms. The van der Waals surface area contributed by atoms with E-state index in [4.69, 9.17) is 10.5 Å². The van der Waals surface area contributed by atoms with E-state index in [1.807, 2.05) is 14.0 Å². The molecular formula is C12H25N3O2. The minimum atomic E-state index is 0.203. The highest BCUT2D eigenvalue weighted by molar-refractivity contribution is 5.77. The second-order valence-electron chi connectivity index (χ2n) is 4.54. The van der Waals surface area contributed by atoms with Crippen LogP contribution in [-0.4, -0.2) is 68.2 Å². The third-order valence-electron chi connectivity index (χ3n) is 3.26. The Morgan fingerprint density at radius 1 is 1.47 bits per heavy atom. The molecule has 0 aromatic rings. The average molecular weight is 243 g/mol. The standard InChI is InChI=1S/C12H25N3O2/c1-3-14(2)12(16)10-15-7-4-11(5-8-15)17-9-6-13/h11H,3-10,13H2,1-2H3. The minimum Gasteiger partial charge on any atom is -0.377 e. The molecule has 0 aromatic heterocycles.